The Hall–Kier alpha value is -1.61. The molecule has 0 aliphatic rings. The Balaban J connectivity index is 2.39. The number of aromatic nitrogens is 2. The van der Waals surface area contributed by atoms with Crippen molar-refractivity contribution in [3.63, 3.8) is 0 Å². The van der Waals surface area contributed by atoms with Crippen molar-refractivity contribution in [3.8, 4) is 0 Å². The largest absolute Gasteiger partial charge is 0.305 e. The van der Waals surface area contributed by atoms with Gasteiger partial charge in [-0.1, -0.05) is 36.2 Å². The summed E-state index contributed by atoms with van der Waals surface area (Å²) in [5.74, 6) is 0. The molecule has 3 heteroatoms. The highest BCUT2D eigenvalue weighted by molar-refractivity contribution is 5.34. The summed E-state index contributed by atoms with van der Waals surface area (Å²) in [4.78, 5) is 0. The average Bonchev–Trinajstić information content (AvgIpc) is 2.75. The molecule has 1 heterocycles. The Labute approximate surface area is 115 Å². The molecule has 0 saturated heterocycles. The van der Waals surface area contributed by atoms with Crippen LogP contribution in [-0.2, 0) is 7.05 Å². The van der Waals surface area contributed by atoms with Crippen molar-refractivity contribution in [3.05, 3.63) is 52.8 Å². The van der Waals surface area contributed by atoms with E-state index in [4.69, 9.17) is 0 Å². The van der Waals surface area contributed by atoms with Crippen LogP contribution in [0.3, 0.4) is 0 Å². The second-order valence-electron chi connectivity index (χ2n) is 5.19. The molecule has 0 amide bonds. The molecule has 3 nitrogen and oxygen atoms in total. The lowest BCUT2D eigenvalue weighted by Crippen LogP contribution is -2.25. The van der Waals surface area contributed by atoms with Gasteiger partial charge < -0.3 is 5.32 Å². The van der Waals surface area contributed by atoms with Crippen LogP contribution in [0.15, 0.2) is 30.5 Å². The minimum atomic E-state index is 0.214. The molecule has 0 radical (unpaired) electrons. The molecule has 2 rings (SSSR count). The number of hydrogen-bond acceptors (Lipinski definition) is 2. The first-order chi connectivity index (χ1) is 9.11. The normalized spacial score (nSPS) is 12.6. The Morgan fingerprint density at radius 1 is 1.21 bits per heavy atom. The smallest absolute Gasteiger partial charge is 0.0748 e. The van der Waals surface area contributed by atoms with Crippen LogP contribution in [0.1, 0.15) is 41.8 Å². The molecule has 1 aromatic heterocycles. The van der Waals surface area contributed by atoms with E-state index < -0.39 is 0 Å². The van der Waals surface area contributed by atoms with Gasteiger partial charge in [-0.25, -0.2) is 0 Å². The van der Waals surface area contributed by atoms with Crippen LogP contribution in [0, 0.1) is 13.8 Å². The highest BCUT2D eigenvalue weighted by Crippen LogP contribution is 2.23. The molecule has 0 spiro atoms. The summed E-state index contributed by atoms with van der Waals surface area (Å²) in [6.45, 7) is 7.49. The Morgan fingerprint density at radius 3 is 2.42 bits per heavy atom. The summed E-state index contributed by atoms with van der Waals surface area (Å²) in [5, 5.41) is 7.92. The molecule has 1 unspecified atom stereocenters. The van der Waals surface area contributed by atoms with Crippen molar-refractivity contribution in [1.29, 1.82) is 0 Å². The van der Waals surface area contributed by atoms with Crippen molar-refractivity contribution < 1.29 is 0 Å². The van der Waals surface area contributed by atoms with Gasteiger partial charge in [0.15, 0.2) is 0 Å². The van der Waals surface area contributed by atoms with Crippen molar-refractivity contribution >= 4 is 0 Å². The van der Waals surface area contributed by atoms with Gasteiger partial charge in [0, 0.05) is 13.2 Å². The lowest BCUT2D eigenvalue weighted by Gasteiger charge is -2.20. The standard InChI is InChI=1S/C16H23N3/c1-5-7-17-16(15-6-8-18-19(15)4)14-10-12(2)9-13(3)11-14/h6,8-11,16-17H,5,7H2,1-4H3. The number of nitrogens with zero attached hydrogens (tertiary/aromatic N) is 2. The lowest BCUT2D eigenvalue weighted by atomic mass is 9.99. The Bertz CT molecular complexity index is 522. The van der Waals surface area contributed by atoms with Crippen molar-refractivity contribution in [2.45, 2.75) is 33.2 Å². The van der Waals surface area contributed by atoms with Gasteiger partial charge in [-0.3, -0.25) is 4.68 Å². The molecular weight excluding hydrogens is 234 g/mol. The van der Waals surface area contributed by atoms with Crippen LogP contribution in [0.25, 0.3) is 0 Å². The first-order valence-electron chi connectivity index (χ1n) is 6.91. The van der Waals surface area contributed by atoms with Gasteiger partial charge in [0.05, 0.1) is 11.7 Å². The van der Waals surface area contributed by atoms with Crippen molar-refractivity contribution in [2.75, 3.05) is 6.54 Å². The molecule has 0 fully saturated rings. The van der Waals surface area contributed by atoms with Gasteiger partial charge in [0.2, 0.25) is 0 Å². The zero-order valence-corrected chi connectivity index (χ0v) is 12.3. The van der Waals surface area contributed by atoms with E-state index in [0.717, 1.165) is 13.0 Å². The first kappa shape index (κ1) is 13.8. The maximum absolute atomic E-state index is 4.29. The highest BCUT2D eigenvalue weighted by Gasteiger charge is 2.16. The monoisotopic (exact) mass is 257 g/mol. The predicted octanol–water partition coefficient (Wildman–Crippen LogP) is 3.13. The van der Waals surface area contributed by atoms with E-state index in [9.17, 15) is 0 Å². The van der Waals surface area contributed by atoms with Gasteiger partial charge in [0.1, 0.15) is 0 Å². The summed E-state index contributed by atoms with van der Waals surface area (Å²) in [6.07, 6.45) is 2.98. The molecule has 0 saturated carbocycles. The van der Waals surface area contributed by atoms with Crippen LogP contribution in [0.4, 0.5) is 0 Å². The van der Waals surface area contributed by atoms with Gasteiger partial charge in [-0.15, -0.1) is 0 Å². The summed E-state index contributed by atoms with van der Waals surface area (Å²) >= 11 is 0. The van der Waals surface area contributed by atoms with E-state index >= 15 is 0 Å². The fraction of sp³-hybridized carbons (Fsp3) is 0.438. The lowest BCUT2D eigenvalue weighted by molar-refractivity contribution is 0.553. The quantitative estimate of drug-likeness (QED) is 0.892. The van der Waals surface area contributed by atoms with Crippen molar-refractivity contribution in [1.82, 2.24) is 15.1 Å². The fourth-order valence-corrected chi connectivity index (χ4v) is 2.53. The molecule has 0 aliphatic carbocycles. The Morgan fingerprint density at radius 2 is 1.89 bits per heavy atom. The molecule has 0 bridgehead atoms. The third-order valence-electron chi connectivity index (χ3n) is 3.33. The SMILES string of the molecule is CCCNC(c1cc(C)cc(C)c1)c1ccnn1C. The molecular formula is C16H23N3. The maximum Gasteiger partial charge on any atom is 0.0748 e. The summed E-state index contributed by atoms with van der Waals surface area (Å²) < 4.78 is 1.95. The van der Waals surface area contributed by atoms with Crippen LogP contribution >= 0.6 is 0 Å². The van der Waals surface area contributed by atoms with Gasteiger partial charge in [-0.2, -0.15) is 5.10 Å². The van der Waals surface area contributed by atoms with Gasteiger partial charge in [-0.05, 0) is 38.4 Å². The molecule has 102 valence electrons. The third-order valence-corrected chi connectivity index (χ3v) is 3.33. The van der Waals surface area contributed by atoms with E-state index in [1.54, 1.807) is 0 Å². The van der Waals surface area contributed by atoms with Crippen LogP contribution in [0.5, 0.6) is 0 Å². The second-order valence-corrected chi connectivity index (χ2v) is 5.19. The fourth-order valence-electron chi connectivity index (χ4n) is 2.53. The molecule has 1 aromatic carbocycles. The van der Waals surface area contributed by atoms with Crippen molar-refractivity contribution in [2.24, 2.45) is 7.05 Å². The third kappa shape index (κ3) is 3.24. The van der Waals surface area contributed by atoms with Crippen LogP contribution < -0.4 is 5.32 Å². The number of aryl methyl sites for hydroxylation is 3. The topological polar surface area (TPSA) is 29.9 Å². The molecule has 1 N–H and O–H groups in total. The number of nitrogens with one attached hydrogen (secondary N) is 1. The van der Waals surface area contributed by atoms with E-state index in [0.29, 0.717) is 0 Å². The van der Waals surface area contributed by atoms with Crippen LogP contribution in [-0.4, -0.2) is 16.3 Å². The Kier molecular flexibility index (Phi) is 4.38. The number of benzene rings is 1. The van der Waals surface area contributed by atoms with E-state index in [2.05, 4.69) is 55.5 Å². The highest BCUT2D eigenvalue weighted by atomic mass is 15.3. The predicted molar refractivity (Wildman–Crippen MR) is 79.3 cm³/mol. The molecule has 0 aliphatic heterocycles. The molecule has 1 atom stereocenters. The first-order valence-corrected chi connectivity index (χ1v) is 6.91. The second kappa shape index (κ2) is 6.02. The van der Waals surface area contributed by atoms with Gasteiger partial charge >= 0.3 is 0 Å². The number of rotatable bonds is 5. The average molecular weight is 257 g/mol. The maximum atomic E-state index is 4.29. The molecule has 2 aromatic rings. The van der Waals surface area contributed by atoms with E-state index in [1.165, 1.54) is 22.4 Å². The number of hydrogen-bond donors (Lipinski definition) is 1. The van der Waals surface area contributed by atoms with E-state index in [-0.39, 0.29) is 6.04 Å². The summed E-state index contributed by atoms with van der Waals surface area (Å²) in [5.41, 5.74) is 5.13. The minimum absolute atomic E-state index is 0.214. The zero-order chi connectivity index (χ0) is 13.8. The van der Waals surface area contributed by atoms with E-state index in [1.807, 2.05) is 17.9 Å². The van der Waals surface area contributed by atoms with Crippen LogP contribution in [0.2, 0.25) is 0 Å². The minimum Gasteiger partial charge on any atom is -0.305 e. The zero-order valence-electron chi connectivity index (χ0n) is 12.3. The molecule has 19 heavy (non-hydrogen) atoms. The summed E-state index contributed by atoms with van der Waals surface area (Å²) in [7, 11) is 2.00. The summed E-state index contributed by atoms with van der Waals surface area (Å²) in [6, 6.07) is 9.03. The van der Waals surface area contributed by atoms with Gasteiger partial charge in [0.25, 0.3) is 0 Å².